The van der Waals surface area contributed by atoms with E-state index in [0.717, 1.165) is 5.75 Å². The second kappa shape index (κ2) is 4.73. The first-order valence-electron chi connectivity index (χ1n) is 6.36. The van der Waals surface area contributed by atoms with Crippen LogP contribution in [0.25, 0.3) is 11.1 Å². The lowest BCUT2D eigenvalue weighted by Gasteiger charge is -2.33. The average molecular weight is 239 g/mol. The average Bonchev–Trinajstić information content (AvgIpc) is 2.37. The van der Waals surface area contributed by atoms with Crippen molar-refractivity contribution in [3.8, 4) is 16.9 Å². The maximum atomic E-state index is 5.19. The number of hydrogen-bond acceptors (Lipinski definition) is 2. The van der Waals surface area contributed by atoms with Gasteiger partial charge in [-0.1, -0.05) is 24.3 Å². The zero-order valence-electron chi connectivity index (χ0n) is 10.6. The first-order chi connectivity index (χ1) is 8.86. The molecule has 1 heterocycles. The van der Waals surface area contributed by atoms with E-state index in [2.05, 4.69) is 41.3 Å². The van der Waals surface area contributed by atoms with E-state index in [9.17, 15) is 0 Å². The SMILES string of the molecule is COc1ccc(-c2cccc(N3CCC3)c2)cc1. The minimum Gasteiger partial charge on any atom is -0.497 e. The first kappa shape index (κ1) is 11.1. The molecule has 0 amide bonds. The Hall–Kier alpha value is -1.96. The number of nitrogens with zero attached hydrogens (tertiary/aromatic N) is 1. The molecule has 0 bridgehead atoms. The number of methoxy groups -OCH3 is 1. The van der Waals surface area contributed by atoms with Crippen LogP contribution in [0.2, 0.25) is 0 Å². The summed E-state index contributed by atoms with van der Waals surface area (Å²) in [6.45, 7) is 2.37. The molecule has 1 aliphatic heterocycles. The fraction of sp³-hybridized carbons (Fsp3) is 0.250. The Kier molecular flexibility index (Phi) is 2.93. The third-order valence-corrected chi connectivity index (χ3v) is 3.49. The van der Waals surface area contributed by atoms with Gasteiger partial charge in [-0.15, -0.1) is 0 Å². The van der Waals surface area contributed by atoms with Gasteiger partial charge in [0.1, 0.15) is 5.75 Å². The van der Waals surface area contributed by atoms with Crippen LogP contribution in [0.3, 0.4) is 0 Å². The number of benzene rings is 2. The molecule has 3 rings (SSSR count). The summed E-state index contributed by atoms with van der Waals surface area (Å²) in [4.78, 5) is 2.41. The van der Waals surface area contributed by atoms with Gasteiger partial charge in [-0.3, -0.25) is 0 Å². The fourth-order valence-electron chi connectivity index (χ4n) is 2.24. The van der Waals surface area contributed by atoms with E-state index in [1.807, 2.05) is 12.1 Å². The standard InChI is InChI=1S/C16H17NO/c1-18-16-8-6-13(7-9-16)14-4-2-5-15(12-14)17-10-3-11-17/h2,4-9,12H,3,10-11H2,1H3. The lowest BCUT2D eigenvalue weighted by Crippen LogP contribution is -2.36. The zero-order chi connectivity index (χ0) is 12.4. The highest BCUT2D eigenvalue weighted by molar-refractivity contribution is 5.69. The van der Waals surface area contributed by atoms with Gasteiger partial charge in [0.05, 0.1) is 7.11 Å². The summed E-state index contributed by atoms with van der Waals surface area (Å²) in [6.07, 6.45) is 1.31. The Morgan fingerprint density at radius 2 is 1.72 bits per heavy atom. The van der Waals surface area contributed by atoms with Crippen molar-refractivity contribution in [2.75, 3.05) is 25.1 Å². The van der Waals surface area contributed by atoms with Crippen LogP contribution < -0.4 is 9.64 Å². The molecule has 0 atom stereocenters. The van der Waals surface area contributed by atoms with E-state index in [4.69, 9.17) is 4.74 Å². The van der Waals surface area contributed by atoms with Gasteiger partial charge >= 0.3 is 0 Å². The van der Waals surface area contributed by atoms with Gasteiger partial charge in [-0.2, -0.15) is 0 Å². The summed E-state index contributed by atoms with van der Waals surface area (Å²) >= 11 is 0. The molecule has 0 unspecified atom stereocenters. The molecular formula is C16H17NO. The maximum Gasteiger partial charge on any atom is 0.118 e. The minimum absolute atomic E-state index is 0.901. The molecule has 0 aromatic heterocycles. The van der Waals surface area contributed by atoms with E-state index >= 15 is 0 Å². The van der Waals surface area contributed by atoms with Crippen LogP contribution in [0.4, 0.5) is 5.69 Å². The van der Waals surface area contributed by atoms with Gasteiger partial charge in [0.2, 0.25) is 0 Å². The van der Waals surface area contributed by atoms with E-state index in [-0.39, 0.29) is 0 Å². The second-order valence-corrected chi connectivity index (χ2v) is 4.62. The molecule has 0 aliphatic carbocycles. The van der Waals surface area contributed by atoms with Crippen LogP contribution in [0, 0.1) is 0 Å². The molecule has 0 saturated carbocycles. The van der Waals surface area contributed by atoms with E-state index < -0.39 is 0 Å². The van der Waals surface area contributed by atoms with E-state index in [1.54, 1.807) is 7.11 Å². The van der Waals surface area contributed by atoms with Crippen molar-refractivity contribution in [3.05, 3.63) is 48.5 Å². The van der Waals surface area contributed by atoms with Crippen molar-refractivity contribution in [1.29, 1.82) is 0 Å². The lowest BCUT2D eigenvalue weighted by atomic mass is 10.0. The van der Waals surface area contributed by atoms with Crippen molar-refractivity contribution >= 4 is 5.69 Å². The monoisotopic (exact) mass is 239 g/mol. The van der Waals surface area contributed by atoms with Crippen LogP contribution in [0.1, 0.15) is 6.42 Å². The molecule has 2 nitrogen and oxygen atoms in total. The number of hydrogen-bond donors (Lipinski definition) is 0. The number of ether oxygens (including phenoxy) is 1. The molecule has 0 radical (unpaired) electrons. The Balaban J connectivity index is 1.90. The van der Waals surface area contributed by atoms with E-state index in [1.165, 1.54) is 36.3 Å². The van der Waals surface area contributed by atoms with Crippen molar-refractivity contribution in [1.82, 2.24) is 0 Å². The van der Waals surface area contributed by atoms with Gasteiger partial charge in [0, 0.05) is 18.8 Å². The molecule has 2 heteroatoms. The van der Waals surface area contributed by atoms with Crippen molar-refractivity contribution < 1.29 is 4.74 Å². The predicted octanol–water partition coefficient (Wildman–Crippen LogP) is 3.57. The van der Waals surface area contributed by atoms with Crippen LogP contribution in [-0.4, -0.2) is 20.2 Å². The third-order valence-electron chi connectivity index (χ3n) is 3.49. The van der Waals surface area contributed by atoms with E-state index in [0.29, 0.717) is 0 Å². The smallest absolute Gasteiger partial charge is 0.118 e. The predicted molar refractivity (Wildman–Crippen MR) is 75.3 cm³/mol. The molecule has 0 spiro atoms. The molecule has 1 aliphatic rings. The highest BCUT2D eigenvalue weighted by Crippen LogP contribution is 2.28. The van der Waals surface area contributed by atoms with Gasteiger partial charge in [-0.05, 0) is 41.8 Å². The molecule has 2 aromatic rings. The molecule has 18 heavy (non-hydrogen) atoms. The quantitative estimate of drug-likeness (QED) is 0.811. The minimum atomic E-state index is 0.901. The molecule has 0 N–H and O–H groups in total. The van der Waals surface area contributed by atoms with Crippen LogP contribution in [0.15, 0.2) is 48.5 Å². The Bertz CT molecular complexity index is 529. The maximum absolute atomic E-state index is 5.19. The third kappa shape index (κ3) is 2.06. The summed E-state index contributed by atoms with van der Waals surface area (Å²) < 4.78 is 5.19. The fourth-order valence-corrected chi connectivity index (χ4v) is 2.24. The van der Waals surface area contributed by atoms with Gasteiger partial charge < -0.3 is 9.64 Å². The molecular weight excluding hydrogens is 222 g/mol. The topological polar surface area (TPSA) is 12.5 Å². The van der Waals surface area contributed by atoms with Gasteiger partial charge in [0.15, 0.2) is 0 Å². The highest BCUT2D eigenvalue weighted by Gasteiger charge is 2.14. The van der Waals surface area contributed by atoms with Crippen molar-refractivity contribution in [3.63, 3.8) is 0 Å². The summed E-state index contributed by atoms with van der Waals surface area (Å²) in [5, 5.41) is 0. The zero-order valence-corrected chi connectivity index (χ0v) is 10.6. The van der Waals surface area contributed by atoms with Crippen LogP contribution >= 0.6 is 0 Å². The normalized spacial score (nSPS) is 14.2. The summed E-state index contributed by atoms with van der Waals surface area (Å²) in [7, 11) is 1.69. The second-order valence-electron chi connectivity index (χ2n) is 4.62. The summed E-state index contributed by atoms with van der Waals surface area (Å²) in [5.41, 5.74) is 3.83. The van der Waals surface area contributed by atoms with Crippen LogP contribution in [-0.2, 0) is 0 Å². The van der Waals surface area contributed by atoms with Crippen molar-refractivity contribution in [2.45, 2.75) is 6.42 Å². The van der Waals surface area contributed by atoms with Gasteiger partial charge in [0.25, 0.3) is 0 Å². The van der Waals surface area contributed by atoms with Crippen molar-refractivity contribution in [2.24, 2.45) is 0 Å². The molecule has 1 fully saturated rings. The van der Waals surface area contributed by atoms with Crippen LogP contribution in [0.5, 0.6) is 5.75 Å². The van der Waals surface area contributed by atoms with Gasteiger partial charge in [-0.25, -0.2) is 0 Å². The number of rotatable bonds is 3. The number of anilines is 1. The first-order valence-corrected chi connectivity index (χ1v) is 6.36. The molecule has 1 saturated heterocycles. The Labute approximate surface area is 108 Å². The molecule has 92 valence electrons. The summed E-state index contributed by atoms with van der Waals surface area (Å²) in [5.74, 6) is 0.901. The molecule has 2 aromatic carbocycles. The highest BCUT2D eigenvalue weighted by atomic mass is 16.5. The summed E-state index contributed by atoms with van der Waals surface area (Å²) in [6, 6.07) is 17.0. The largest absolute Gasteiger partial charge is 0.497 e. The lowest BCUT2D eigenvalue weighted by molar-refractivity contribution is 0.415. The Morgan fingerprint density at radius 3 is 2.33 bits per heavy atom. The Morgan fingerprint density at radius 1 is 0.944 bits per heavy atom.